The van der Waals surface area contributed by atoms with Crippen molar-refractivity contribution in [3.05, 3.63) is 0 Å². The molecule has 0 heterocycles. The highest BCUT2D eigenvalue weighted by molar-refractivity contribution is 6.71. The van der Waals surface area contributed by atoms with E-state index in [4.69, 9.17) is 4.43 Å². The van der Waals surface area contributed by atoms with E-state index in [0.29, 0.717) is 0 Å². The summed E-state index contributed by atoms with van der Waals surface area (Å²) in [4.78, 5) is 11.9. The molecule has 0 aliphatic heterocycles. The molecular formula is C21H44O2Si. The minimum absolute atomic E-state index is 0.0214. The van der Waals surface area contributed by atoms with Crippen molar-refractivity contribution < 1.29 is 9.22 Å². The summed E-state index contributed by atoms with van der Waals surface area (Å²) in [6, 6.07) is 0. The lowest BCUT2D eigenvalue weighted by Crippen LogP contribution is -2.32. The van der Waals surface area contributed by atoms with Crippen molar-refractivity contribution in [1.29, 1.82) is 0 Å². The molecule has 3 heteroatoms. The Labute approximate surface area is 153 Å². The minimum atomic E-state index is -1.72. The summed E-state index contributed by atoms with van der Waals surface area (Å²) in [6.45, 7) is 10.5. The molecule has 0 aliphatic carbocycles. The summed E-state index contributed by atoms with van der Waals surface area (Å²) in [7, 11) is -1.72. The third-order valence-corrected chi connectivity index (χ3v) is 5.36. The average molecular weight is 357 g/mol. The highest BCUT2D eigenvalue weighted by atomic mass is 28.4. The molecule has 0 saturated heterocycles. The fourth-order valence-electron chi connectivity index (χ4n) is 2.99. The largest absolute Gasteiger partial charge is 0.520 e. The Balaban J connectivity index is 3.32. The van der Waals surface area contributed by atoms with Crippen LogP contribution in [0.4, 0.5) is 0 Å². The molecule has 0 radical (unpaired) electrons. The maximum absolute atomic E-state index is 11.9. The number of hydrogen-bond donors (Lipinski definition) is 0. The zero-order chi connectivity index (χ0) is 18.3. The van der Waals surface area contributed by atoms with E-state index >= 15 is 0 Å². The van der Waals surface area contributed by atoms with Crippen LogP contribution in [0.1, 0.15) is 104 Å². The number of carbonyl (C=O) groups excluding carboxylic acids is 1. The van der Waals surface area contributed by atoms with Crippen LogP contribution in [0.25, 0.3) is 0 Å². The van der Waals surface area contributed by atoms with Gasteiger partial charge in [-0.25, -0.2) is 0 Å². The van der Waals surface area contributed by atoms with Crippen molar-refractivity contribution in [3.63, 3.8) is 0 Å². The van der Waals surface area contributed by atoms with Crippen molar-refractivity contribution in [2.24, 2.45) is 5.92 Å². The molecule has 144 valence electrons. The summed E-state index contributed by atoms with van der Waals surface area (Å²) in [6.07, 6.45) is 18.8. The smallest absolute Gasteiger partial charge is 0.295 e. The van der Waals surface area contributed by atoms with Gasteiger partial charge in [-0.1, -0.05) is 97.3 Å². The van der Waals surface area contributed by atoms with Crippen LogP contribution in [0.15, 0.2) is 0 Å². The van der Waals surface area contributed by atoms with E-state index < -0.39 is 8.32 Å². The predicted octanol–water partition coefficient (Wildman–Crippen LogP) is 7.48. The van der Waals surface area contributed by atoms with Gasteiger partial charge in [0.15, 0.2) is 0 Å². The maximum Gasteiger partial charge on any atom is 0.295 e. The standard InChI is InChI=1S/C21H44O2Si/c1-6-7-8-9-10-11-12-13-14-15-16-17-18-19-20(2)21(22)23-24(3,4)5/h20H,6-19H2,1-5H3. The van der Waals surface area contributed by atoms with Gasteiger partial charge in [0.1, 0.15) is 0 Å². The van der Waals surface area contributed by atoms with Gasteiger partial charge in [0.05, 0.1) is 5.92 Å². The summed E-state index contributed by atoms with van der Waals surface area (Å²) >= 11 is 0. The van der Waals surface area contributed by atoms with E-state index in [1.165, 1.54) is 83.5 Å². The van der Waals surface area contributed by atoms with Crippen LogP contribution >= 0.6 is 0 Å². The number of carbonyl (C=O) groups is 1. The van der Waals surface area contributed by atoms with Crippen LogP contribution in [0.5, 0.6) is 0 Å². The Kier molecular flexibility index (Phi) is 14.8. The zero-order valence-electron chi connectivity index (χ0n) is 17.3. The lowest BCUT2D eigenvalue weighted by Gasteiger charge is -2.20. The van der Waals surface area contributed by atoms with Crippen molar-refractivity contribution in [2.45, 2.75) is 123 Å². The molecule has 0 rings (SSSR count). The van der Waals surface area contributed by atoms with Gasteiger partial charge >= 0.3 is 0 Å². The van der Waals surface area contributed by atoms with Crippen molar-refractivity contribution >= 4 is 14.3 Å². The molecule has 0 aromatic heterocycles. The lowest BCUT2D eigenvalue weighted by atomic mass is 10.0. The third-order valence-electron chi connectivity index (χ3n) is 4.55. The second-order valence-corrected chi connectivity index (χ2v) is 12.9. The molecule has 0 N–H and O–H groups in total. The fourth-order valence-corrected chi connectivity index (χ4v) is 3.79. The molecule has 2 nitrogen and oxygen atoms in total. The number of rotatable bonds is 16. The molecule has 24 heavy (non-hydrogen) atoms. The molecule has 0 amide bonds. The molecule has 0 fully saturated rings. The Morgan fingerprint density at radius 3 is 1.50 bits per heavy atom. The molecule has 0 aromatic rings. The van der Waals surface area contributed by atoms with E-state index in [1.807, 2.05) is 6.92 Å². The highest BCUT2D eigenvalue weighted by Crippen LogP contribution is 2.16. The molecule has 1 unspecified atom stereocenters. The van der Waals surface area contributed by atoms with Crippen LogP contribution in [-0.4, -0.2) is 14.3 Å². The van der Waals surface area contributed by atoms with Gasteiger partial charge in [-0.2, -0.15) is 0 Å². The van der Waals surface area contributed by atoms with Crippen molar-refractivity contribution in [3.8, 4) is 0 Å². The van der Waals surface area contributed by atoms with Crippen LogP contribution < -0.4 is 0 Å². The van der Waals surface area contributed by atoms with E-state index in [0.717, 1.165) is 6.42 Å². The van der Waals surface area contributed by atoms with Gasteiger partial charge < -0.3 is 4.43 Å². The normalized spacial score (nSPS) is 13.0. The van der Waals surface area contributed by atoms with Crippen LogP contribution in [0.2, 0.25) is 19.6 Å². The SMILES string of the molecule is CCCCCCCCCCCCCCCC(C)C(=O)O[Si](C)(C)C. The van der Waals surface area contributed by atoms with Gasteiger partial charge in [0.25, 0.3) is 5.97 Å². The predicted molar refractivity (Wildman–Crippen MR) is 109 cm³/mol. The van der Waals surface area contributed by atoms with E-state index in [9.17, 15) is 4.79 Å². The van der Waals surface area contributed by atoms with Gasteiger partial charge in [0.2, 0.25) is 8.32 Å². The number of unbranched alkanes of at least 4 members (excludes halogenated alkanes) is 12. The quantitative estimate of drug-likeness (QED) is 0.211. The Hall–Kier alpha value is -0.313. The Morgan fingerprint density at radius 1 is 0.750 bits per heavy atom. The summed E-state index contributed by atoms with van der Waals surface area (Å²) < 4.78 is 5.56. The van der Waals surface area contributed by atoms with Crippen LogP contribution in [0.3, 0.4) is 0 Å². The Morgan fingerprint density at radius 2 is 1.12 bits per heavy atom. The highest BCUT2D eigenvalue weighted by Gasteiger charge is 2.23. The molecule has 0 spiro atoms. The van der Waals surface area contributed by atoms with Crippen LogP contribution in [-0.2, 0) is 9.22 Å². The maximum atomic E-state index is 11.9. The van der Waals surface area contributed by atoms with E-state index in [2.05, 4.69) is 26.6 Å². The van der Waals surface area contributed by atoms with Crippen molar-refractivity contribution in [1.82, 2.24) is 0 Å². The van der Waals surface area contributed by atoms with Gasteiger partial charge in [0, 0.05) is 0 Å². The van der Waals surface area contributed by atoms with E-state index in [1.54, 1.807) is 0 Å². The molecule has 0 bridgehead atoms. The average Bonchev–Trinajstić information content (AvgIpc) is 2.50. The minimum Gasteiger partial charge on any atom is -0.520 e. The van der Waals surface area contributed by atoms with Crippen LogP contribution in [0, 0.1) is 5.92 Å². The topological polar surface area (TPSA) is 26.3 Å². The molecule has 0 aromatic carbocycles. The molecule has 0 saturated carbocycles. The summed E-state index contributed by atoms with van der Waals surface area (Å²) in [5.41, 5.74) is 0. The first-order chi connectivity index (χ1) is 11.4. The second-order valence-electron chi connectivity index (χ2n) is 8.47. The summed E-state index contributed by atoms with van der Waals surface area (Å²) in [5, 5.41) is 0. The first-order valence-electron chi connectivity index (χ1n) is 10.6. The fraction of sp³-hybridized carbons (Fsp3) is 0.952. The molecular weight excluding hydrogens is 312 g/mol. The summed E-state index contributed by atoms with van der Waals surface area (Å²) in [5.74, 6) is 0.0949. The first-order valence-corrected chi connectivity index (χ1v) is 14.0. The number of hydrogen-bond acceptors (Lipinski definition) is 2. The van der Waals surface area contributed by atoms with Gasteiger partial charge in [-0.15, -0.1) is 0 Å². The second kappa shape index (κ2) is 15.0. The van der Waals surface area contributed by atoms with Crippen molar-refractivity contribution in [2.75, 3.05) is 0 Å². The van der Waals surface area contributed by atoms with E-state index in [-0.39, 0.29) is 11.9 Å². The molecule has 0 aliphatic rings. The van der Waals surface area contributed by atoms with Gasteiger partial charge in [-0.05, 0) is 26.1 Å². The zero-order valence-corrected chi connectivity index (χ0v) is 18.3. The first kappa shape index (κ1) is 23.7. The Bertz CT molecular complexity index is 297. The van der Waals surface area contributed by atoms with Gasteiger partial charge in [-0.3, -0.25) is 4.79 Å². The lowest BCUT2D eigenvalue weighted by molar-refractivity contribution is -0.139. The monoisotopic (exact) mass is 356 g/mol. The third kappa shape index (κ3) is 16.5. The molecule has 1 atom stereocenters.